The SMILES string of the molecule is CCCCC1C(C(=O)OCC)=C(C)OC1OC. The molecule has 17 heavy (non-hydrogen) atoms. The van der Waals surface area contributed by atoms with Crippen LogP contribution in [-0.2, 0) is 19.0 Å². The largest absolute Gasteiger partial charge is 0.468 e. The monoisotopic (exact) mass is 242 g/mol. The van der Waals surface area contributed by atoms with Crippen molar-refractivity contribution >= 4 is 5.97 Å². The number of hydrogen-bond donors (Lipinski definition) is 0. The van der Waals surface area contributed by atoms with Crippen LogP contribution in [-0.4, -0.2) is 26.0 Å². The molecule has 0 aromatic heterocycles. The molecule has 0 saturated heterocycles. The van der Waals surface area contributed by atoms with Crippen LogP contribution in [0.15, 0.2) is 11.3 Å². The number of carbonyl (C=O) groups is 1. The summed E-state index contributed by atoms with van der Waals surface area (Å²) in [5.41, 5.74) is 0.646. The molecule has 0 radical (unpaired) electrons. The van der Waals surface area contributed by atoms with E-state index < -0.39 is 0 Å². The molecular weight excluding hydrogens is 220 g/mol. The van der Waals surface area contributed by atoms with Crippen LogP contribution in [0.25, 0.3) is 0 Å². The second kappa shape index (κ2) is 6.64. The van der Waals surface area contributed by atoms with Crippen molar-refractivity contribution in [2.75, 3.05) is 13.7 Å². The minimum atomic E-state index is -0.346. The molecule has 1 heterocycles. The highest BCUT2D eigenvalue weighted by molar-refractivity contribution is 5.90. The molecule has 4 heteroatoms. The summed E-state index contributed by atoms with van der Waals surface area (Å²) in [7, 11) is 1.60. The fraction of sp³-hybridized carbons (Fsp3) is 0.769. The second-order valence-corrected chi connectivity index (χ2v) is 4.16. The molecule has 0 bridgehead atoms. The minimum Gasteiger partial charge on any atom is -0.468 e. The number of methoxy groups -OCH3 is 1. The Hall–Kier alpha value is -1.03. The van der Waals surface area contributed by atoms with Crippen LogP contribution in [0.3, 0.4) is 0 Å². The summed E-state index contributed by atoms with van der Waals surface area (Å²) in [5, 5.41) is 0. The van der Waals surface area contributed by atoms with E-state index in [9.17, 15) is 4.79 Å². The fourth-order valence-corrected chi connectivity index (χ4v) is 2.14. The number of carbonyl (C=O) groups excluding carboxylic acids is 1. The Bertz CT molecular complexity index is 296. The molecule has 0 spiro atoms. The first kappa shape index (κ1) is 14.0. The Balaban J connectivity index is 2.81. The summed E-state index contributed by atoms with van der Waals surface area (Å²) >= 11 is 0. The van der Waals surface area contributed by atoms with E-state index in [1.165, 1.54) is 0 Å². The van der Waals surface area contributed by atoms with E-state index in [2.05, 4.69) is 6.92 Å². The molecule has 0 aromatic rings. The third kappa shape index (κ3) is 3.22. The van der Waals surface area contributed by atoms with Crippen molar-refractivity contribution in [1.82, 2.24) is 0 Å². The van der Waals surface area contributed by atoms with Crippen molar-refractivity contribution in [3.05, 3.63) is 11.3 Å². The lowest BCUT2D eigenvalue weighted by atomic mass is 9.93. The lowest BCUT2D eigenvalue weighted by Crippen LogP contribution is -2.24. The van der Waals surface area contributed by atoms with Gasteiger partial charge in [0.2, 0.25) is 6.29 Å². The second-order valence-electron chi connectivity index (χ2n) is 4.16. The molecule has 4 nitrogen and oxygen atoms in total. The fourth-order valence-electron chi connectivity index (χ4n) is 2.14. The van der Waals surface area contributed by atoms with Crippen LogP contribution in [0.2, 0.25) is 0 Å². The van der Waals surface area contributed by atoms with Crippen LogP contribution in [0, 0.1) is 5.92 Å². The highest BCUT2D eigenvalue weighted by Crippen LogP contribution is 2.35. The smallest absolute Gasteiger partial charge is 0.337 e. The first-order chi connectivity index (χ1) is 8.15. The maximum atomic E-state index is 11.9. The summed E-state index contributed by atoms with van der Waals surface area (Å²) < 4.78 is 15.9. The van der Waals surface area contributed by atoms with E-state index in [0.29, 0.717) is 17.9 Å². The highest BCUT2D eigenvalue weighted by atomic mass is 16.7. The molecule has 0 N–H and O–H groups in total. The Morgan fingerprint density at radius 2 is 2.12 bits per heavy atom. The number of esters is 1. The first-order valence-corrected chi connectivity index (χ1v) is 6.23. The zero-order valence-electron chi connectivity index (χ0n) is 11.1. The van der Waals surface area contributed by atoms with E-state index in [0.717, 1.165) is 19.3 Å². The van der Waals surface area contributed by atoms with E-state index in [-0.39, 0.29) is 18.2 Å². The molecule has 98 valence electrons. The molecule has 1 aliphatic heterocycles. The number of rotatable bonds is 6. The number of unbranched alkanes of at least 4 members (excludes halogenated alkanes) is 1. The van der Waals surface area contributed by atoms with Gasteiger partial charge in [-0.1, -0.05) is 19.8 Å². The van der Waals surface area contributed by atoms with Gasteiger partial charge in [-0.2, -0.15) is 0 Å². The summed E-state index contributed by atoms with van der Waals surface area (Å²) in [6.45, 7) is 6.11. The van der Waals surface area contributed by atoms with Gasteiger partial charge in [0, 0.05) is 7.11 Å². The van der Waals surface area contributed by atoms with Crippen LogP contribution in [0.1, 0.15) is 40.0 Å². The highest BCUT2D eigenvalue weighted by Gasteiger charge is 2.39. The van der Waals surface area contributed by atoms with Gasteiger partial charge in [0.1, 0.15) is 5.76 Å². The topological polar surface area (TPSA) is 44.8 Å². The molecule has 0 fully saturated rings. The predicted octanol–water partition coefficient (Wildman–Crippen LogP) is 2.63. The predicted molar refractivity (Wildman–Crippen MR) is 64.2 cm³/mol. The van der Waals surface area contributed by atoms with Gasteiger partial charge in [0.05, 0.1) is 18.1 Å². The summed E-state index contributed by atoms with van der Waals surface area (Å²) in [6.07, 6.45) is 2.67. The maximum Gasteiger partial charge on any atom is 0.337 e. The summed E-state index contributed by atoms with van der Waals surface area (Å²) in [5.74, 6) is 0.362. The maximum absolute atomic E-state index is 11.9. The van der Waals surface area contributed by atoms with Gasteiger partial charge < -0.3 is 14.2 Å². The van der Waals surface area contributed by atoms with Crippen molar-refractivity contribution in [1.29, 1.82) is 0 Å². The quantitative estimate of drug-likeness (QED) is 0.672. The average Bonchev–Trinajstić information content (AvgIpc) is 2.63. The van der Waals surface area contributed by atoms with Crippen LogP contribution in [0.4, 0.5) is 0 Å². The normalized spacial score (nSPS) is 23.8. The summed E-state index contributed by atoms with van der Waals surface area (Å²) in [4.78, 5) is 11.9. The molecular formula is C13H22O4. The third-order valence-electron chi connectivity index (χ3n) is 2.97. The van der Waals surface area contributed by atoms with Crippen molar-refractivity contribution in [2.45, 2.75) is 46.3 Å². The van der Waals surface area contributed by atoms with Crippen LogP contribution in [0.5, 0.6) is 0 Å². The Morgan fingerprint density at radius 3 is 2.65 bits per heavy atom. The molecule has 2 unspecified atom stereocenters. The number of hydrogen-bond acceptors (Lipinski definition) is 4. The van der Waals surface area contributed by atoms with E-state index in [4.69, 9.17) is 14.2 Å². The van der Waals surface area contributed by atoms with Gasteiger partial charge >= 0.3 is 5.97 Å². The van der Waals surface area contributed by atoms with Crippen molar-refractivity contribution < 1.29 is 19.0 Å². The van der Waals surface area contributed by atoms with Crippen LogP contribution < -0.4 is 0 Å². The first-order valence-electron chi connectivity index (χ1n) is 6.23. The van der Waals surface area contributed by atoms with Gasteiger partial charge in [-0.15, -0.1) is 0 Å². The molecule has 0 saturated carbocycles. The lowest BCUT2D eigenvalue weighted by molar-refractivity contribution is -0.140. The van der Waals surface area contributed by atoms with E-state index >= 15 is 0 Å². The zero-order chi connectivity index (χ0) is 12.8. The number of allylic oxidation sites excluding steroid dienone is 1. The molecule has 1 rings (SSSR count). The lowest BCUT2D eigenvalue weighted by Gasteiger charge is -2.18. The Morgan fingerprint density at radius 1 is 1.41 bits per heavy atom. The van der Waals surface area contributed by atoms with Gasteiger partial charge in [-0.05, 0) is 20.3 Å². The minimum absolute atomic E-state index is 0.000926. The van der Waals surface area contributed by atoms with Gasteiger partial charge in [0.15, 0.2) is 0 Å². The van der Waals surface area contributed by atoms with Crippen molar-refractivity contribution in [3.8, 4) is 0 Å². The van der Waals surface area contributed by atoms with Crippen molar-refractivity contribution in [2.24, 2.45) is 5.92 Å². The molecule has 0 amide bonds. The zero-order valence-corrected chi connectivity index (χ0v) is 11.1. The Kier molecular flexibility index (Phi) is 5.48. The summed E-state index contributed by atoms with van der Waals surface area (Å²) in [6, 6.07) is 0. The van der Waals surface area contributed by atoms with Gasteiger partial charge in [-0.25, -0.2) is 4.79 Å². The van der Waals surface area contributed by atoms with Crippen molar-refractivity contribution in [3.63, 3.8) is 0 Å². The number of ether oxygens (including phenoxy) is 3. The Labute approximate surface area is 103 Å². The molecule has 0 aromatic carbocycles. The van der Waals surface area contributed by atoms with Gasteiger partial charge in [0.25, 0.3) is 0 Å². The standard InChI is InChI=1S/C13H22O4/c1-5-7-8-10-11(12(14)16-6-2)9(3)17-13(10)15-4/h10,13H,5-8H2,1-4H3. The van der Waals surface area contributed by atoms with E-state index in [1.54, 1.807) is 21.0 Å². The average molecular weight is 242 g/mol. The molecule has 2 atom stereocenters. The van der Waals surface area contributed by atoms with Gasteiger partial charge in [-0.3, -0.25) is 0 Å². The van der Waals surface area contributed by atoms with E-state index in [1.807, 2.05) is 0 Å². The molecule has 0 aliphatic carbocycles. The third-order valence-corrected chi connectivity index (χ3v) is 2.97. The van der Waals surface area contributed by atoms with Crippen LogP contribution >= 0.6 is 0 Å². The molecule has 1 aliphatic rings.